The Bertz CT molecular complexity index is 1550. The lowest BCUT2D eigenvalue weighted by Crippen LogP contribution is -2.33. The van der Waals surface area contributed by atoms with E-state index in [2.05, 4.69) is 64.5 Å². The van der Waals surface area contributed by atoms with E-state index in [1.54, 1.807) is 6.07 Å². The Morgan fingerprint density at radius 3 is 2.76 bits per heavy atom. The fourth-order valence-corrected chi connectivity index (χ4v) is 6.40. The molecule has 4 atom stereocenters. The van der Waals surface area contributed by atoms with Gasteiger partial charge in [-0.2, -0.15) is 0 Å². The van der Waals surface area contributed by atoms with Crippen LogP contribution in [-0.2, 0) is 11.2 Å². The zero-order valence-electron chi connectivity index (χ0n) is 18.6. The van der Waals surface area contributed by atoms with Gasteiger partial charge < -0.3 is 19.7 Å². The minimum Gasteiger partial charge on any atom is -0.507 e. The number of allylic oxidation sites excluding steroid dienone is 4. The van der Waals surface area contributed by atoms with E-state index in [-0.39, 0.29) is 6.10 Å². The summed E-state index contributed by atoms with van der Waals surface area (Å²) in [5.41, 5.74) is 9.58. The van der Waals surface area contributed by atoms with Crippen LogP contribution in [0.25, 0.3) is 28.2 Å². The molecule has 34 heavy (non-hydrogen) atoms. The van der Waals surface area contributed by atoms with E-state index in [4.69, 9.17) is 4.74 Å². The van der Waals surface area contributed by atoms with Crippen molar-refractivity contribution in [2.24, 2.45) is 5.92 Å². The maximum atomic E-state index is 10.8. The molecule has 2 fully saturated rings. The van der Waals surface area contributed by atoms with Crippen molar-refractivity contribution in [1.29, 1.82) is 0 Å². The summed E-state index contributed by atoms with van der Waals surface area (Å²) in [5, 5.41) is 15.9. The van der Waals surface area contributed by atoms with Crippen molar-refractivity contribution in [2.45, 2.75) is 31.0 Å². The van der Waals surface area contributed by atoms with Crippen LogP contribution in [0.1, 0.15) is 23.2 Å². The fraction of sp³-hybridized carbons (Fsp3) is 0.200. The van der Waals surface area contributed by atoms with Gasteiger partial charge in [-0.05, 0) is 23.3 Å². The molecule has 2 N–H and O–H groups in total. The highest BCUT2D eigenvalue weighted by atomic mass is 16.5. The molecule has 1 saturated heterocycles. The average molecular weight is 445 g/mol. The maximum Gasteiger partial charge on any atom is 0.124 e. The number of aromatic nitrogens is 1. The Morgan fingerprint density at radius 2 is 1.82 bits per heavy atom. The number of hydrogen-bond acceptors (Lipinski definition) is 3. The second-order valence-electron chi connectivity index (χ2n) is 9.85. The zero-order chi connectivity index (χ0) is 22.4. The molecule has 5 aliphatic rings. The van der Waals surface area contributed by atoms with Crippen LogP contribution in [0.3, 0.4) is 0 Å². The third-order valence-corrected chi connectivity index (χ3v) is 8.01. The summed E-state index contributed by atoms with van der Waals surface area (Å²) in [6.07, 6.45) is 15.3. The van der Waals surface area contributed by atoms with E-state index in [1.807, 2.05) is 24.5 Å². The number of phenolic OH excluding ortho intramolecular Hbond substituents is 1. The molecule has 0 amide bonds. The average Bonchev–Trinajstić information content (AvgIpc) is 3.48. The molecule has 8 rings (SSSR count). The second-order valence-corrected chi connectivity index (χ2v) is 9.85. The van der Waals surface area contributed by atoms with Crippen molar-refractivity contribution in [1.82, 2.24) is 9.88 Å². The lowest BCUT2D eigenvalue weighted by atomic mass is 9.84. The van der Waals surface area contributed by atoms with Gasteiger partial charge in [0.05, 0.1) is 11.2 Å². The van der Waals surface area contributed by atoms with Gasteiger partial charge in [0.25, 0.3) is 0 Å². The van der Waals surface area contributed by atoms with Crippen molar-refractivity contribution < 1.29 is 9.84 Å². The van der Waals surface area contributed by atoms with Crippen LogP contribution < -0.4 is 5.32 Å². The Morgan fingerprint density at radius 1 is 0.971 bits per heavy atom. The lowest BCUT2D eigenvalue weighted by molar-refractivity contribution is 0.243. The minimum atomic E-state index is 0.140. The van der Waals surface area contributed by atoms with Crippen LogP contribution in [-0.4, -0.2) is 27.9 Å². The summed E-state index contributed by atoms with van der Waals surface area (Å²) < 4.78 is 8.50. The first-order valence-corrected chi connectivity index (χ1v) is 12.1. The molecule has 4 unspecified atom stereocenters. The predicted octanol–water partition coefficient (Wildman–Crippen LogP) is 5.42. The Labute approximate surface area is 197 Å². The first kappa shape index (κ1) is 18.6. The van der Waals surface area contributed by atoms with Crippen LogP contribution in [0.5, 0.6) is 5.75 Å². The molecular formula is C30H24N2O2. The van der Waals surface area contributed by atoms with E-state index in [0.717, 1.165) is 29.7 Å². The molecule has 2 aliphatic heterocycles. The van der Waals surface area contributed by atoms with Crippen molar-refractivity contribution in [3.8, 4) is 5.75 Å². The first-order chi connectivity index (χ1) is 16.8. The molecule has 3 heterocycles. The van der Waals surface area contributed by atoms with Gasteiger partial charge >= 0.3 is 0 Å². The first-order valence-electron chi connectivity index (χ1n) is 12.1. The predicted molar refractivity (Wildman–Crippen MR) is 135 cm³/mol. The summed E-state index contributed by atoms with van der Waals surface area (Å²) in [5.74, 6) is 0.740. The number of fused-ring (bicyclic) bond motifs is 7. The van der Waals surface area contributed by atoms with Gasteiger partial charge in [0.15, 0.2) is 0 Å². The van der Waals surface area contributed by atoms with Gasteiger partial charge in [-0.3, -0.25) is 0 Å². The van der Waals surface area contributed by atoms with Crippen LogP contribution >= 0.6 is 0 Å². The number of rotatable bonds is 2. The van der Waals surface area contributed by atoms with E-state index in [1.165, 1.54) is 33.3 Å². The fourth-order valence-electron chi connectivity index (χ4n) is 6.40. The lowest BCUT2D eigenvalue weighted by Gasteiger charge is -2.25. The monoisotopic (exact) mass is 444 g/mol. The van der Waals surface area contributed by atoms with Crippen molar-refractivity contribution in [2.75, 3.05) is 0 Å². The normalized spacial score (nSPS) is 28.0. The number of nitrogens with one attached hydrogen (secondary N) is 1. The summed E-state index contributed by atoms with van der Waals surface area (Å²) in [4.78, 5) is 0. The smallest absolute Gasteiger partial charge is 0.124 e. The van der Waals surface area contributed by atoms with E-state index < -0.39 is 0 Å². The third-order valence-electron chi connectivity index (χ3n) is 8.01. The molecule has 4 heteroatoms. The summed E-state index contributed by atoms with van der Waals surface area (Å²) in [6, 6.07) is 17.0. The molecule has 4 nitrogen and oxygen atoms in total. The van der Waals surface area contributed by atoms with Gasteiger partial charge in [0, 0.05) is 58.6 Å². The number of para-hydroxylation sites is 2. The van der Waals surface area contributed by atoms with E-state index >= 15 is 0 Å². The summed E-state index contributed by atoms with van der Waals surface area (Å²) in [6.45, 7) is 0. The molecule has 0 bridgehead atoms. The van der Waals surface area contributed by atoms with Crippen LogP contribution in [0.15, 0.2) is 90.2 Å². The number of aromatic hydroxyl groups is 1. The molecule has 2 aromatic carbocycles. The van der Waals surface area contributed by atoms with E-state index in [0.29, 0.717) is 23.8 Å². The molecule has 0 radical (unpaired) electrons. The molecule has 166 valence electrons. The number of nitrogens with zero attached hydrogens (tertiary/aromatic N) is 1. The standard InChI is InChI=1S/C30H24N2O2/c33-28-12-6-3-9-19(28)30-22-14-29(22)34-16-27(30)32-25-11-5-2-8-18(25)21-13-20-17-7-1-4-10-23(17)31-24(20)15-26(21)32/h1-13,16-17,23-24,29,31,33H,14-15H2. The maximum absolute atomic E-state index is 10.8. The van der Waals surface area contributed by atoms with E-state index in [9.17, 15) is 5.11 Å². The Kier molecular flexibility index (Phi) is 3.64. The Hall–Kier alpha value is -3.76. The van der Waals surface area contributed by atoms with Crippen molar-refractivity contribution in [3.05, 3.63) is 107 Å². The molecule has 0 spiro atoms. The molecular weight excluding hydrogens is 420 g/mol. The highest BCUT2D eigenvalue weighted by molar-refractivity contribution is 6.07. The molecule has 1 aromatic heterocycles. The van der Waals surface area contributed by atoms with Crippen molar-refractivity contribution >= 4 is 28.2 Å². The van der Waals surface area contributed by atoms with Crippen LogP contribution in [0, 0.1) is 5.92 Å². The van der Waals surface area contributed by atoms with Gasteiger partial charge in [-0.25, -0.2) is 0 Å². The van der Waals surface area contributed by atoms with Crippen LogP contribution in [0.4, 0.5) is 0 Å². The number of hydrogen-bond donors (Lipinski definition) is 2. The zero-order valence-corrected chi connectivity index (χ0v) is 18.6. The minimum absolute atomic E-state index is 0.140. The van der Waals surface area contributed by atoms with Crippen molar-refractivity contribution in [3.63, 3.8) is 0 Å². The highest BCUT2D eigenvalue weighted by Crippen LogP contribution is 2.51. The number of benzene rings is 2. The van der Waals surface area contributed by atoms with Gasteiger partial charge in [0.1, 0.15) is 18.1 Å². The molecule has 3 aliphatic carbocycles. The SMILES string of the molecule is Oc1ccccc1C1=C2CC2OC=C1n1c2c(c3ccccc31)C=C1C(C2)NC2C=CC=CC12. The summed E-state index contributed by atoms with van der Waals surface area (Å²) in [7, 11) is 0. The van der Waals surface area contributed by atoms with Crippen LogP contribution in [0.2, 0.25) is 0 Å². The number of phenols is 1. The quantitative estimate of drug-likeness (QED) is 0.555. The third kappa shape index (κ3) is 2.46. The number of ether oxygens (including phenoxy) is 1. The Balaban J connectivity index is 1.35. The van der Waals surface area contributed by atoms with Gasteiger partial charge in [-0.15, -0.1) is 0 Å². The topological polar surface area (TPSA) is 46.4 Å². The second kappa shape index (κ2) is 6.64. The van der Waals surface area contributed by atoms with Gasteiger partial charge in [-0.1, -0.05) is 66.8 Å². The summed E-state index contributed by atoms with van der Waals surface area (Å²) >= 11 is 0. The molecule has 1 saturated carbocycles. The largest absolute Gasteiger partial charge is 0.507 e. The van der Waals surface area contributed by atoms with Gasteiger partial charge in [0.2, 0.25) is 0 Å². The molecule has 3 aromatic rings. The highest BCUT2D eigenvalue weighted by Gasteiger charge is 2.43.